The predicted molar refractivity (Wildman–Crippen MR) is 104 cm³/mol. The van der Waals surface area contributed by atoms with E-state index in [0.717, 1.165) is 22.9 Å². The van der Waals surface area contributed by atoms with Gasteiger partial charge in [-0.05, 0) is 37.6 Å². The van der Waals surface area contributed by atoms with Gasteiger partial charge in [-0.3, -0.25) is 9.48 Å². The van der Waals surface area contributed by atoms with Crippen LogP contribution in [0, 0.1) is 13.8 Å². The van der Waals surface area contributed by atoms with E-state index in [1.807, 2.05) is 54.9 Å². The average molecular weight is 369 g/mol. The fourth-order valence-electron chi connectivity index (χ4n) is 2.85. The largest absolute Gasteiger partial charge is 0.467 e. The zero-order chi connectivity index (χ0) is 18.4. The summed E-state index contributed by atoms with van der Waals surface area (Å²) in [5, 5.41) is 7.56. The first-order chi connectivity index (χ1) is 12.6. The highest BCUT2D eigenvalue weighted by Gasteiger charge is 2.20. The van der Waals surface area contributed by atoms with E-state index in [9.17, 15) is 4.79 Å². The molecule has 26 heavy (non-hydrogen) atoms. The van der Waals surface area contributed by atoms with Crippen LogP contribution in [0.25, 0.3) is 0 Å². The molecule has 0 bridgehead atoms. The summed E-state index contributed by atoms with van der Waals surface area (Å²) in [5.74, 6) is 2.06. The van der Waals surface area contributed by atoms with Crippen LogP contribution in [0.4, 0.5) is 0 Å². The number of hydrogen-bond acceptors (Lipinski definition) is 4. The van der Waals surface area contributed by atoms with Crippen molar-refractivity contribution in [1.29, 1.82) is 0 Å². The van der Waals surface area contributed by atoms with Gasteiger partial charge in [0, 0.05) is 18.0 Å². The van der Waals surface area contributed by atoms with Crippen LogP contribution >= 0.6 is 11.8 Å². The molecule has 1 atom stereocenters. The van der Waals surface area contributed by atoms with Crippen LogP contribution in [-0.4, -0.2) is 28.0 Å². The Hall–Kier alpha value is -2.47. The quantitative estimate of drug-likeness (QED) is 0.657. The smallest absolute Gasteiger partial charge is 0.230 e. The summed E-state index contributed by atoms with van der Waals surface area (Å²) in [6.07, 6.45) is 1.64. The summed E-state index contributed by atoms with van der Waals surface area (Å²) in [6, 6.07) is 15.8. The molecule has 2 aromatic heterocycles. The molecule has 0 fully saturated rings. The Morgan fingerprint density at radius 3 is 2.69 bits per heavy atom. The number of nitrogens with one attached hydrogen (secondary N) is 1. The second-order valence-electron chi connectivity index (χ2n) is 6.19. The number of aromatic nitrogens is 2. The summed E-state index contributed by atoms with van der Waals surface area (Å²) in [4.78, 5) is 12.2. The van der Waals surface area contributed by atoms with E-state index < -0.39 is 0 Å². The van der Waals surface area contributed by atoms with Crippen molar-refractivity contribution in [3.8, 4) is 0 Å². The van der Waals surface area contributed by atoms with E-state index in [-0.39, 0.29) is 11.9 Å². The number of amides is 1. The Balaban J connectivity index is 1.56. The molecule has 0 aliphatic heterocycles. The second-order valence-corrected chi connectivity index (χ2v) is 7.17. The molecule has 0 saturated heterocycles. The van der Waals surface area contributed by atoms with E-state index in [1.165, 1.54) is 5.56 Å². The monoisotopic (exact) mass is 369 g/mol. The minimum absolute atomic E-state index is 0.0176. The van der Waals surface area contributed by atoms with Crippen molar-refractivity contribution in [3.05, 3.63) is 77.5 Å². The average Bonchev–Trinajstić information content (AvgIpc) is 3.26. The molecule has 0 spiro atoms. The van der Waals surface area contributed by atoms with Crippen LogP contribution in [0.3, 0.4) is 0 Å². The highest BCUT2D eigenvalue weighted by Crippen LogP contribution is 2.20. The molecule has 1 N–H and O–H groups in total. The third kappa shape index (κ3) is 4.79. The first-order valence-electron chi connectivity index (χ1n) is 8.58. The van der Waals surface area contributed by atoms with Gasteiger partial charge in [-0.25, -0.2) is 0 Å². The van der Waals surface area contributed by atoms with Crippen molar-refractivity contribution in [2.75, 3.05) is 12.3 Å². The highest BCUT2D eigenvalue weighted by molar-refractivity contribution is 7.99. The molecule has 1 amide bonds. The fraction of sp³-hybridized carbons (Fsp3) is 0.300. The van der Waals surface area contributed by atoms with E-state index in [1.54, 1.807) is 18.0 Å². The van der Waals surface area contributed by atoms with Crippen LogP contribution in [-0.2, 0) is 10.5 Å². The summed E-state index contributed by atoms with van der Waals surface area (Å²) in [5.41, 5.74) is 3.21. The molecule has 1 aromatic carbocycles. The summed E-state index contributed by atoms with van der Waals surface area (Å²) < 4.78 is 7.48. The number of carbonyl (C=O) groups is 1. The standard InChI is InChI=1S/C20H23N3O2S/c1-15-11-16(2)23(22-15)18(19-9-6-10-25-19)12-21-20(24)14-26-13-17-7-4-3-5-8-17/h3-11,18H,12-14H2,1-2H3,(H,21,24). The van der Waals surface area contributed by atoms with Crippen molar-refractivity contribution in [2.24, 2.45) is 0 Å². The fourth-order valence-corrected chi connectivity index (χ4v) is 3.67. The maximum atomic E-state index is 12.2. The topological polar surface area (TPSA) is 60.1 Å². The van der Waals surface area contributed by atoms with Crippen molar-refractivity contribution in [3.63, 3.8) is 0 Å². The highest BCUT2D eigenvalue weighted by atomic mass is 32.2. The third-order valence-electron chi connectivity index (χ3n) is 4.05. The van der Waals surface area contributed by atoms with Gasteiger partial charge in [-0.2, -0.15) is 5.10 Å². The molecule has 5 nitrogen and oxygen atoms in total. The van der Waals surface area contributed by atoms with Gasteiger partial charge in [0.15, 0.2) is 0 Å². The molecule has 2 heterocycles. The molecular formula is C20H23N3O2S. The van der Waals surface area contributed by atoms with Gasteiger partial charge >= 0.3 is 0 Å². The van der Waals surface area contributed by atoms with Crippen molar-refractivity contribution in [1.82, 2.24) is 15.1 Å². The molecule has 0 aliphatic carbocycles. The Bertz CT molecular complexity index is 828. The van der Waals surface area contributed by atoms with E-state index in [4.69, 9.17) is 4.42 Å². The lowest BCUT2D eigenvalue weighted by molar-refractivity contribution is -0.118. The van der Waals surface area contributed by atoms with E-state index in [2.05, 4.69) is 22.5 Å². The minimum Gasteiger partial charge on any atom is -0.467 e. The van der Waals surface area contributed by atoms with Gasteiger partial charge in [-0.15, -0.1) is 11.8 Å². The molecule has 0 saturated carbocycles. The zero-order valence-corrected chi connectivity index (χ0v) is 15.8. The van der Waals surface area contributed by atoms with Crippen LogP contribution in [0.1, 0.15) is 28.8 Å². The number of furan rings is 1. The van der Waals surface area contributed by atoms with Gasteiger partial charge in [0.1, 0.15) is 11.8 Å². The lowest BCUT2D eigenvalue weighted by Crippen LogP contribution is -2.33. The Kier molecular flexibility index (Phi) is 6.17. The zero-order valence-electron chi connectivity index (χ0n) is 15.0. The summed E-state index contributed by atoms with van der Waals surface area (Å²) >= 11 is 1.61. The van der Waals surface area contributed by atoms with E-state index in [0.29, 0.717) is 12.3 Å². The van der Waals surface area contributed by atoms with Gasteiger partial charge in [0.25, 0.3) is 0 Å². The van der Waals surface area contributed by atoms with Crippen LogP contribution in [0.15, 0.2) is 59.2 Å². The van der Waals surface area contributed by atoms with Crippen LogP contribution in [0.5, 0.6) is 0 Å². The summed E-state index contributed by atoms with van der Waals surface area (Å²) in [7, 11) is 0. The number of carbonyl (C=O) groups excluding carboxylic acids is 1. The first-order valence-corrected chi connectivity index (χ1v) is 9.73. The number of hydrogen-bond donors (Lipinski definition) is 1. The number of aryl methyl sites for hydroxylation is 2. The van der Waals surface area contributed by atoms with Crippen molar-refractivity contribution >= 4 is 17.7 Å². The van der Waals surface area contributed by atoms with Gasteiger partial charge in [0.2, 0.25) is 5.91 Å². The molecule has 0 aliphatic rings. The van der Waals surface area contributed by atoms with Crippen LogP contribution in [0.2, 0.25) is 0 Å². The van der Waals surface area contributed by atoms with Gasteiger partial charge in [0.05, 0.1) is 17.7 Å². The van der Waals surface area contributed by atoms with E-state index >= 15 is 0 Å². The lowest BCUT2D eigenvalue weighted by Gasteiger charge is -2.18. The normalized spacial score (nSPS) is 12.1. The first kappa shape index (κ1) is 18.3. The maximum Gasteiger partial charge on any atom is 0.230 e. The van der Waals surface area contributed by atoms with Gasteiger partial charge in [-0.1, -0.05) is 30.3 Å². The van der Waals surface area contributed by atoms with Crippen molar-refractivity contribution in [2.45, 2.75) is 25.6 Å². The molecule has 136 valence electrons. The Labute approximate surface area is 157 Å². The maximum absolute atomic E-state index is 12.2. The molecule has 0 radical (unpaired) electrons. The Morgan fingerprint density at radius 2 is 2.04 bits per heavy atom. The third-order valence-corrected chi connectivity index (χ3v) is 5.05. The van der Waals surface area contributed by atoms with Crippen LogP contribution < -0.4 is 5.32 Å². The van der Waals surface area contributed by atoms with Gasteiger partial charge < -0.3 is 9.73 Å². The number of nitrogens with zero attached hydrogens (tertiary/aromatic N) is 2. The molecule has 1 unspecified atom stereocenters. The SMILES string of the molecule is Cc1cc(C)n(C(CNC(=O)CSCc2ccccc2)c2ccco2)n1. The lowest BCUT2D eigenvalue weighted by atomic mass is 10.2. The molecule has 6 heteroatoms. The predicted octanol–water partition coefficient (Wildman–Crippen LogP) is 3.73. The summed E-state index contributed by atoms with van der Waals surface area (Å²) in [6.45, 7) is 4.41. The van der Waals surface area contributed by atoms with Crippen molar-refractivity contribution < 1.29 is 9.21 Å². The minimum atomic E-state index is -0.151. The molecular weight excluding hydrogens is 346 g/mol. The number of thioether (sulfide) groups is 1. The Morgan fingerprint density at radius 1 is 1.23 bits per heavy atom. The number of rotatable bonds is 8. The molecule has 3 aromatic rings. The number of benzene rings is 1. The molecule has 3 rings (SSSR count). The second kappa shape index (κ2) is 8.76.